The zero-order valence-electron chi connectivity index (χ0n) is 12.6. The molecule has 114 valence electrons. The molecule has 1 aliphatic rings. The van der Waals surface area contributed by atoms with Crippen LogP contribution in [-0.4, -0.2) is 23.5 Å². The van der Waals surface area contributed by atoms with Crippen LogP contribution in [0.4, 0.5) is 0 Å². The molecule has 1 aromatic rings. The molecule has 2 N–H and O–H groups in total. The van der Waals surface area contributed by atoms with Crippen LogP contribution in [0.3, 0.4) is 0 Å². The van der Waals surface area contributed by atoms with Crippen molar-refractivity contribution in [3.8, 4) is 0 Å². The summed E-state index contributed by atoms with van der Waals surface area (Å²) < 4.78 is 0. The predicted molar refractivity (Wildman–Crippen MR) is 80.9 cm³/mol. The molecule has 0 bridgehead atoms. The van der Waals surface area contributed by atoms with Crippen LogP contribution in [0.5, 0.6) is 0 Å². The number of aryl methyl sites for hydroxylation is 1. The zero-order valence-corrected chi connectivity index (χ0v) is 12.6. The summed E-state index contributed by atoms with van der Waals surface area (Å²) in [5.74, 6) is -1.56. The van der Waals surface area contributed by atoms with Crippen molar-refractivity contribution in [3.63, 3.8) is 0 Å². The molecule has 1 amide bonds. The number of nitrogens with one attached hydrogen (secondary N) is 1. The SMILES string of the molecule is Cc1cccc(CCNC(=O)[C@H]2CC(C)C[C@H]2C(=O)O)c1. The molecule has 0 radical (unpaired) electrons. The maximum atomic E-state index is 12.2. The second-order valence-corrected chi connectivity index (χ2v) is 6.16. The number of rotatable bonds is 5. The maximum Gasteiger partial charge on any atom is 0.307 e. The molecule has 3 atom stereocenters. The first-order valence-corrected chi connectivity index (χ1v) is 7.53. The van der Waals surface area contributed by atoms with E-state index in [0.29, 0.717) is 25.3 Å². The van der Waals surface area contributed by atoms with Crippen molar-refractivity contribution in [2.75, 3.05) is 6.54 Å². The van der Waals surface area contributed by atoms with Gasteiger partial charge in [0.25, 0.3) is 0 Å². The molecule has 1 unspecified atom stereocenters. The Hall–Kier alpha value is -1.84. The fourth-order valence-corrected chi connectivity index (χ4v) is 3.18. The monoisotopic (exact) mass is 289 g/mol. The number of carbonyl (C=O) groups excluding carboxylic acids is 1. The normalized spacial score (nSPS) is 24.8. The van der Waals surface area contributed by atoms with Crippen molar-refractivity contribution < 1.29 is 14.7 Å². The molecule has 1 fully saturated rings. The van der Waals surface area contributed by atoms with Crippen LogP contribution in [0, 0.1) is 24.7 Å². The number of carbonyl (C=O) groups is 2. The Morgan fingerprint density at radius 1 is 1.29 bits per heavy atom. The van der Waals surface area contributed by atoms with Crippen molar-refractivity contribution in [2.24, 2.45) is 17.8 Å². The quantitative estimate of drug-likeness (QED) is 0.874. The highest BCUT2D eigenvalue weighted by molar-refractivity contribution is 5.85. The number of carboxylic acid groups (broad SMARTS) is 1. The van der Waals surface area contributed by atoms with Crippen molar-refractivity contribution in [1.29, 1.82) is 0 Å². The van der Waals surface area contributed by atoms with Gasteiger partial charge in [-0.25, -0.2) is 0 Å². The Labute approximate surface area is 125 Å². The Balaban J connectivity index is 1.85. The van der Waals surface area contributed by atoms with Crippen molar-refractivity contribution in [1.82, 2.24) is 5.32 Å². The van der Waals surface area contributed by atoms with Crippen LogP contribution in [0.2, 0.25) is 0 Å². The smallest absolute Gasteiger partial charge is 0.307 e. The lowest BCUT2D eigenvalue weighted by atomic mass is 9.95. The van der Waals surface area contributed by atoms with Gasteiger partial charge in [-0.3, -0.25) is 9.59 Å². The van der Waals surface area contributed by atoms with Gasteiger partial charge in [-0.15, -0.1) is 0 Å². The van der Waals surface area contributed by atoms with Gasteiger partial charge in [-0.2, -0.15) is 0 Å². The fraction of sp³-hybridized carbons (Fsp3) is 0.529. The predicted octanol–water partition coefficient (Wildman–Crippen LogP) is 2.40. The molecule has 4 nitrogen and oxygen atoms in total. The van der Waals surface area contributed by atoms with E-state index < -0.39 is 11.9 Å². The van der Waals surface area contributed by atoms with Crippen LogP contribution < -0.4 is 5.32 Å². The summed E-state index contributed by atoms with van der Waals surface area (Å²) in [6.45, 7) is 4.61. The van der Waals surface area contributed by atoms with Gasteiger partial charge >= 0.3 is 5.97 Å². The highest BCUT2D eigenvalue weighted by Gasteiger charge is 2.40. The first kappa shape index (κ1) is 15.5. The van der Waals surface area contributed by atoms with Gasteiger partial charge < -0.3 is 10.4 Å². The van der Waals surface area contributed by atoms with Gasteiger partial charge in [0.2, 0.25) is 5.91 Å². The zero-order chi connectivity index (χ0) is 15.4. The van der Waals surface area contributed by atoms with Gasteiger partial charge in [0.05, 0.1) is 11.8 Å². The van der Waals surface area contributed by atoms with Crippen molar-refractivity contribution >= 4 is 11.9 Å². The molecule has 1 saturated carbocycles. The largest absolute Gasteiger partial charge is 0.481 e. The molecular weight excluding hydrogens is 266 g/mol. The van der Waals surface area contributed by atoms with Crippen LogP contribution in [0.1, 0.15) is 30.9 Å². The van der Waals surface area contributed by atoms with Crippen LogP contribution in [0.25, 0.3) is 0 Å². The fourth-order valence-electron chi connectivity index (χ4n) is 3.18. The number of amides is 1. The van der Waals surface area contributed by atoms with E-state index in [4.69, 9.17) is 0 Å². The minimum Gasteiger partial charge on any atom is -0.481 e. The average molecular weight is 289 g/mol. The maximum absolute atomic E-state index is 12.2. The van der Waals surface area contributed by atoms with Gasteiger partial charge in [0.1, 0.15) is 0 Å². The second kappa shape index (κ2) is 6.74. The lowest BCUT2D eigenvalue weighted by Crippen LogP contribution is -2.36. The van der Waals surface area contributed by atoms with E-state index in [1.54, 1.807) is 0 Å². The van der Waals surface area contributed by atoms with Crippen molar-refractivity contribution in [2.45, 2.75) is 33.1 Å². The first-order chi connectivity index (χ1) is 9.97. The first-order valence-electron chi connectivity index (χ1n) is 7.53. The molecule has 21 heavy (non-hydrogen) atoms. The number of carboxylic acids is 1. The van der Waals surface area contributed by atoms with Gasteiger partial charge in [0.15, 0.2) is 0 Å². The summed E-state index contributed by atoms with van der Waals surface area (Å²) in [6, 6.07) is 8.19. The molecule has 0 saturated heterocycles. The van der Waals surface area contributed by atoms with Crippen LogP contribution in [-0.2, 0) is 16.0 Å². The summed E-state index contributed by atoms with van der Waals surface area (Å²) in [6.07, 6.45) is 2.05. The standard InChI is InChI=1S/C17H23NO3/c1-11-4-3-5-13(8-11)6-7-18-16(19)14-9-12(2)10-15(14)17(20)21/h3-5,8,12,14-15H,6-7,9-10H2,1-2H3,(H,18,19)(H,20,21)/t12?,14-,15+/m0/s1. The van der Waals surface area contributed by atoms with E-state index in [-0.39, 0.29) is 11.8 Å². The number of benzene rings is 1. The van der Waals surface area contributed by atoms with E-state index in [0.717, 1.165) is 6.42 Å². The minimum absolute atomic E-state index is 0.112. The Bertz CT molecular complexity index is 527. The Morgan fingerprint density at radius 2 is 2.00 bits per heavy atom. The summed E-state index contributed by atoms with van der Waals surface area (Å²) >= 11 is 0. The third kappa shape index (κ3) is 4.06. The summed E-state index contributed by atoms with van der Waals surface area (Å²) in [7, 11) is 0. The molecule has 0 spiro atoms. The molecular formula is C17H23NO3. The summed E-state index contributed by atoms with van der Waals surface area (Å²) in [5.41, 5.74) is 2.39. The second-order valence-electron chi connectivity index (χ2n) is 6.16. The average Bonchev–Trinajstić information content (AvgIpc) is 2.81. The van der Waals surface area contributed by atoms with E-state index in [9.17, 15) is 14.7 Å². The van der Waals surface area contributed by atoms with E-state index >= 15 is 0 Å². The molecule has 0 aromatic heterocycles. The molecule has 0 heterocycles. The molecule has 1 aromatic carbocycles. The summed E-state index contributed by atoms with van der Waals surface area (Å²) in [5, 5.41) is 12.1. The molecule has 1 aliphatic carbocycles. The topological polar surface area (TPSA) is 66.4 Å². The van der Waals surface area contributed by atoms with E-state index in [1.165, 1.54) is 11.1 Å². The van der Waals surface area contributed by atoms with E-state index in [1.807, 2.05) is 32.0 Å². The Kier molecular flexibility index (Phi) is 4.99. The van der Waals surface area contributed by atoms with Crippen molar-refractivity contribution in [3.05, 3.63) is 35.4 Å². The van der Waals surface area contributed by atoms with Gasteiger partial charge in [-0.05, 0) is 37.7 Å². The van der Waals surface area contributed by atoms with Crippen LogP contribution in [0.15, 0.2) is 24.3 Å². The third-order valence-electron chi connectivity index (χ3n) is 4.25. The highest BCUT2D eigenvalue weighted by Crippen LogP contribution is 2.36. The van der Waals surface area contributed by atoms with E-state index in [2.05, 4.69) is 11.4 Å². The molecule has 4 heteroatoms. The highest BCUT2D eigenvalue weighted by atomic mass is 16.4. The third-order valence-corrected chi connectivity index (χ3v) is 4.25. The molecule has 0 aliphatic heterocycles. The van der Waals surface area contributed by atoms with Crippen LogP contribution >= 0.6 is 0 Å². The summed E-state index contributed by atoms with van der Waals surface area (Å²) in [4.78, 5) is 23.4. The number of hydrogen-bond acceptors (Lipinski definition) is 2. The number of hydrogen-bond donors (Lipinski definition) is 2. The Morgan fingerprint density at radius 3 is 2.67 bits per heavy atom. The lowest BCUT2D eigenvalue weighted by Gasteiger charge is -2.15. The minimum atomic E-state index is -0.849. The molecule has 2 rings (SSSR count). The van der Waals surface area contributed by atoms with Gasteiger partial charge in [-0.1, -0.05) is 36.8 Å². The van der Waals surface area contributed by atoms with Gasteiger partial charge in [0, 0.05) is 6.54 Å². The number of aliphatic carboxylic acids is 1. The lowest BCUT2D eigenvalue weighted by molar-refractivity contribution is -0.146.